The lowest BCUT2D eigenvalue weighted by Crippen LogP contribution is -2.28. The first kappa shape index (κ1) is 19.6. The molecule has 0 spiro atoms. The predicted octanol–water partition coefficient (Wildman–Crippen LogP) is 4.22. The number of carbonyl (C=O) groups is 2. The second-order valence-corrected chi connectivity index (χ2v) is 5.40. The van der Waals surface area contributed by atoms with Crippen LogP contribution in [0.2, 0.25) is 0 Å². The van der Waals surface area contributed by atoms with E-state index in [4.69, 9.17) is 0 Å². The van der Waals surface area contributed by atoms with E-state index in [0.29, 0.717) is 0 Å². The van der Waals surface area contributed by atoms with E-state index in [1.807, 2.05) is 0 Å². The van der Waals surface area contributed by atoms with Gasteiger partial charge >= 0.3 is 5.97 Å². The van der Waals surface area contributed by atoms with Gasteiger partial charge in [-0.15, -0.1) is 0 Å². The van der Waals surface area contributed by atoms with Crippen molar-refractivity contribution in [2.75, 3.05) is 6.61 Å². The number of aryl methyl sites for hydroxylation is 1. The standard InChI is InChI=1S/C18H13F5O3/c1-3-26-18(25)11(17(24)9-6-4-8(2)5-7-9)10-12(19)14(21)16(23)15(22)13(10)20/h4-7,11H,3H2,1-2H3. The molecule has 0 aliphatic heterocycles. The minimum atomic E-state index is -2.38. The van der Waals surface area contributed by atoms with Gasteiger partial charge in [0.05, 0.1) is 12.2 Å². The minimum absolute atomic E-state index is 0.141. The third-order valence-electron chi connectivity index (χ3n) is 3.65. The average Bonchev–Trinajstić information content (AvgIpc) is 2.62. The van der Waals surface area contributed by atoms with Crippen molar-refractivity contribution in [1.82, 2.24) is 0 Å². The predicted molar refractivity (Wildman–Crippen MR) is 81.1 cm³/mol. The van der Waals surface area contributed by atoms with Crippen molar-refractivity contribution in [3.8, 4) is 0 Å². The quantitative estimate of drug-likeness (QED) is 0.197. The van der Waals surface area contributed by atoms with Gasteiger partial charge in [0.25, 0.3) is 0 Å². The van der Waals surface area contributed by atoms with Gasteiger partial charge in [0.2, 0.25) is 5.82 Å². The molecule has 0 aliphatic carbocycles. The SMILES string of the molecule is CCOC(=O)C(C(=O)c1ccc(C)cc1)c1c(F)c(F)c(F)c(F)c1F. The van der Waals surface area contributed by atoms with Crippen LogP contribution in [0.25, 0.3) is 0 Å². The normalized spacial score (nSPS) is 12.0. The number of ether oxygens (including phenoxy) is 1. The Morgan fingerprint density at radius 1 is 0.885 bits per heavy atom. The van der Waals surface area contributed by atoms with Crippen LogP contribution in [0.1, 0.15) is 34.3 Å². The van der Waals surface area contributed by atoms with Crippen LogP contribution in [-0.4, -0.2) is 18.4 Å². The third-order valence-corrected chi connectivity index (χ3v) is 3.65. The fourth-order valence-corrected chi connectivity index (χ4v) is 2.34. The Bertz CT molecular complexity index is 833. The molecule has 8 heteroatoms. The molecular formula is C18H13F5O3. The van der Waals surface area contributed by atoms with Crippen LogP contribution in [0, 0.1) is 36.0 Å². The van der Waals surface area contributed by atoms with Crippen LogP contribution >= 0.6 is 0 Å². The molecule has 0 bridgehead atoms. The van der Waals surface area contributed by atoms with Gasteiger partial charge in [-0.05, 0) is 13.8 Å². The van der Waals surface area contributed by atoms with E-state index in [1.54, 1.807) is 6.92 Å². The lowest BCUT2D eigenvalue weighted by Gasteiger charge is -2.17. The molecule has 0 aliphatic rings. The number of halogens is 5. The molecule has 2 aromatic rings. The maximum absolute atomic E-state index is 14.1. The molecule has 0 aromatic heterocycles. The number of rotatable bonds is 5. The zero-order valence-electron chi connectivity index (χ0n) is 13.7. The summed E-state index contributed by atoms with van der Waals surface area (Å²) in [5.41, 5.74) is -0.923. The second-order valence-electron chi connectivity index (χ2n) is 5.40. The maximum Gasteiger partial charge on any atom is 0.321 e. The van der Waals surface area contributed by atoms with Gasteiger partial charge in [-0.3, -0.25) is 9.59 Å². The summed E-state index contributed by atoms with van der Waals surface area (Å²) in [5, 5.41) is 0. The van der Waals surface area contributed by atoms with Gasteiger partial charge in [-0.1, -0.05) is 29.8 Å². The molecule has 0 N–H and O–H groups in total. The number of hydrogen-bond donors (Lipinski definition) is 0. The summed E-state index contributed by atoms with van der Waals surface area (Å²) in [4.78, 5) is 24.7. The molecule has 1 atom stereocenters. The van der Waals surface area contributed by atoms with Gasteiger partial charge < -0.3 is 4.74 Å². The summed E-state index contributed by atoms with van der Waals surface area (Å²) < 4.78 is 73.1. The number of carbonyl (C=O) groups excluding carboxylic acids is 2. The lowest BCUT2D eigenvalue weighted by atomic mass is 9.89. The second kappa shape index (κ2) is 7.63. The van der Waals surface area contributed by atoms with Crippen molar-refractivity contribution < 1.29 is 36.3 Å². The van der Waals surface area contributed by atoms with E-state index in [2.05, 4.69) is 4.74 Å². The number of esters is 1. The van der Waals surface area contributed by atoms with Gasteiger partial charge in [-0.2, -0.15) is 0 Å². The highest BCUT2D eigenvalue weighted by atomic mass is 19.2. The summed E-state index contributed by atoms with van der Waals surface area (Å²) in [6.45, 7) is 2.82. The van der Waals surface area contributed by atoms with Crippen LogP contribution in [-0.2, 0) is 9.53 Å². The van der Waals surface area contributed by atoms with Gasteiger partial charge in [0.15, 0.2) is 35.0 Å². The average molecular weight is 372 g/mol. The Morgan fingerprint density at radius 2 is 1.35 bits per heavy atom. The van der Waals surface area contributed by atoms with Crippen LogP contribution in [0.15, 0.2) is 24.3 Å². The third kappa shape index (κ3) is 3.44. The largest absolute Gasteiger partial charge is 0.465 e. The Hall–Kier alpha value is -2.77. The van der Waals surface area contributed by atoms with Crippen molar-refractivity contribution in [3.05, 3.63) is 70.0 Å². The first-order valence-electron chi connectivity index (χ1n) is 7.49. The van der Waals surface area contributed by atoms with Crippen LogP contribution in [0.4, 0.5) is 22.0 Å². The molecule has 26 heavy (non-hydrogen) atoms. The molecule has 0 saturated heterocycles. The Balaban J connectivity index is 2.69. The number of Topliss-reactive ketones (excluding diaryl/α,β-unsaturated/α-hetero) is 1. The molecule has 138 valence electrons. The highest BCUT2D eigenvalue weighted by Crippen LogP contribution is 2.32. The highest BCUT2D eigenvalue weighted by Gasteiger charge is 2.39. The van der Waals surface area contributed by atoms with Gasteiger partial charge in [-0.25, -0.2) is 22.0 Å². The smallest absolute Gasteiger partial charge is 0.321 e. The summed E-state index contributed by atoms with van der Waals surface area (Å²) in [7, 11) is 0. The monoisotopic (exact) mass is 372 g/mol. The molecule has 1 unspecified atom stereocenters. The summed E-state index contributed by atoms with van der Waals surface area (Å²) >= 11 is 0. The molecule has 0 heterocycles. The Labute approximate surface area is 145 Å². The molecule has 0 amide bonds. The highest BCUT2D eigenvalue weighted by molar-refractivity contribution is 6.13. The zero-order chi connectivity index (χ0) is 19.6. The fourth-order valence-electron chi connectivity index (χ4n) is 2.34. The molecule has 2 aromatic carbocycles. The van der Waals surface area contributed by atoms with Crippen LogP contribution < -0.4 is 0 Å². The number of benzene rings is 2. The van der Waals surface area contributed by atoms with E-state index in [1.165, 1.54) is 31.2 Å². The van der Waals surface area contributed by atoms with Crippen molar-refractivity contribution >= 4 is 11.8 Å². The van der Waals surface area contributed by atoms with E-state index in [9.17, 15) is 31.5 Å². The molecule has 0 saturated carbocycles. The molecule has 0 radical (unpaired) electrons. The molecular weight excluding hydrogens is 359 g/mol. The Kier molecular flexibility index (Phi) is 5.74. The van der Waals surface area contributed by atoms with Crippen molar-refractivity contribution in [1.29, 1.82) is 0 Å². The number of ketones is 1. The molecule has 2 rings (SSSR count). The lowest BCUT2D eigenvalue weighted by molar-refractivity contribution is -0.143. The molecule has 3 nitrogen and oxygen atoms in total. The van der Waals surface area contributed by atoms with E-state index in [-0.39, 0.29) is 12.2 Å². The first-order valence-corrected chi connectivity index (χ1v) is 7.49. The van der Waals surface area contributed by atoms with Crippen molar-refractivity contribution in [3.63, 3.8) is 0 Å². The van der Waals surface area contributed by atoms with Crippen LogP contribution in [0.3, 0.4) is 0 Å². The van der Waals surface area contributed by atoms with E-state index in [0.717, 1.165) is 5.56 Å². The summed E-state index contributed by atoms with van der Waals surface area (Å²) in [5.74, 6) is -16.3. The van der Waals surface area contributed by atoms with Crippen molar-refractivity contribution in [2.24, 2.45) is 0 Å². The van der Waals surface area contributed by atoms with Crippen LogP contribution in [0.5, 0.6) is 0 Å². The maximum atomic E-state index is 14.1. The first-order chi connectivity index (χ1) is 12.2. The summed E-state index contributed by atoms with van der Waals surface area (Å²) in [6, 6.07) is 5.54. The number of hydrogen-bond acceptors (Lipinski definition) is 3. The summed E-state index contributed by atoms with van der Waals surface area (Å²) in [6.07, 6.45) is 0. The zero-order valence-corrected chi connectivity index (χ0v) is 13.7. The van der Waals surface area contributed by atoms with E-state index < -0.39 is 52.3 Å². The fraction of sp³-hybridized carbons (Fsp3) is 0.222. The van der Waals surface area contributed by atoms with Gasteiger partial charge in [0, 0.05) is 5.56 Å². The van der Waals surface area contributed by atoms with Crippen molar-refractivity contribution in [2.45, 2.75) is 19.8 Å². The van der Waals surface area contributed by atoms with Gasteiger partial charge in [0.1, 0.15) is 0 Å². The topological polar surface area (TPSA) is 43.4 Å². The Morgan fingerprint density at radius 3 is 1.81 bits per heavy atom. The minimum Gasteiger partial charge on any atom is -0.465 e. The molecule has 0 fully saturated rings. The van der Waals surface area contributed by atoms with E-state index >= 15 is 0 Å².